The van der Waals surface area contributed by atoms with Gasteiger partial charge in [-0.25, -0.2) is 0 Å². The molecule has 0 amide bonds. The van der Waals surface area contributed by atoms with Crippen molar-refractivity contribution in [1.82, 2.24) is 0 Å². The number of furan rings is 1. The molecule has 1 aromatic heterocycles. The summed E-state index contributed by atoms with van der Waals surface area (Å²) < 4.78 is 23.2. The van der Waals surface area contributed by atoms with Gasteiger partial charge in [0.05, 0.1) is 25.0 Å². The third-order valence-corrected chi connectivity index (χ3v) is 6.75. The van der Waals surface area contributed by atoms with E-state index < -0.39 is 11.9 Å². The number of methoxy groups -OCH3 is 1. The molecular formula is C31H22O7. The molecule has 0 bridgehead atoms. The lowest BCUT2D eigenvalue weighted by Crippen LogP contribution is -2.21. The van der Waals surface area contributed by atoms with Gasteiger partial charge in [0, 0.05) is 22.3 Å². The van der Waals surface area contributed by atoms with E-state index in [4.69, 9.17) is 18.6 Å². The van der Waals surface area contributed by atoms with Crippen molar-refractivity contribution in [2.24, 2.45) is 0 Å². The van der Waals surface area contributed by atoms with Gasteiger partial charge < -0.3 is 18.6 Å². The third kappa shape index (κ3) is 3.98. The molecule has 0 saturated heterocycles. The average molecular weight is 507 g/mol. The maximum absolute atomic E-state index is 13.3. The van der Waals surface area contributed by atoms with Crippen molar-refractivity contribution >= 4 is 23.6 Å². The molecule has 0 spiro atoms. The highest BCUT2D eigenvalue weighted by atomic mass is 16.5. The van der Waals surface area contributed by atoms with Crippen molar-refractivity contribution in [3.63, 3.8) is 0 Å². The largest absolute Gasteiger partial charge is 0.496 e. The van der Waals surface area contributed by atoms with Crippen molar-refractivity contribution in [3.05, 3.63) is 107 Å². The summed E-state index contributed by atoms with van der Waals surface area (Å²) in [6, 6.07) is 21.3. The normalized spacial score (nSPS) is 17.0. The summed E-state index contributed by atoms with van der Waals surface area (Å²) in [6.07, 6.45) is 1.68. The lowest BCUT2D eigenvalue weighted by Gasteiger charge is -2.24. The first-order valence-corrected chi connectivity index (χ1v) is 12.1. The summed E-state index contributed by atoms with van der Waals surface area (Å²) in [6.45, 7) is 1.52. The third-order valence-electron chi connectivity index (χ3n) is 6.75. The zero-order valence-corrected chi connectivity index (χ0v) is 20.6. The van der Waals surface area contributed by atoms with Crippen LogP contribution in [0.5, 0.6) is 17.2 Å². The maximum atomic E-state index is 13.3. The number of Topliss-reactive ketones (excluding diaryl/α,β-unsaturated/α-hetero) is 2. The SMILES string of the molecule is COc1ccccc1/C=C1\Oc2c(ccc3c2[C@H](c2ccc(-c4ccc(C(C)=O)cc4)o2)CC(=O)O3)C1=O. The van der Waals surface area contributed by atoms with Crippen LogP contribution < -0.4 is 14.2 Å². The Morgan fingerprint density at radius 2 is 1.74 bits per heavy atom. The Bertz CT molecular complexity index is 1640. The standard InChI is InChI=1S/C31H22O7/c1-17(32)18-7-9-19(10-8-18)24-13-14-25(36-24)22-16-28(33)37-26-12-11-21-30(34)27(38-31(21)29(22)26)15-20-5-3-4-6-23(20)35-2/h3-15,22H,16H2,1-2H3/b27-15-/t22-/m0/s1. The Morgan fingerprint density at radius 1 is 0.947 bits per heavy atom. The molecule has 0 unspecified atom stereocenters. The highest BCUT2D eigenvalue weighted by Gasteiger charge is 2.39. The Labute approximate surface area is 218 Å². The molecule has 7 nitrogen and oxygen atoms in total. The van der Waals surface area contributed by atoms with Crippen molar-refractivity contribution < 1.29 is 33.0 Å². The van der Waals surface area contributed by atoms with E-state index in [9.17, 15) is 14.4 Å². The lowest BCUT2D eigenvalue weighted by atomic mass is 9.88. The highest BCUT2D eigenvalue weighted by molar-refractivity contribution is 6.15. The fourth-order valence-electron chi connectivity index (χ4n) is 4.84. The molecule has 188 valence electrons. The average Bonchev–Trinajstić information content (AvgIpc) is 3.54. The summed E-state index contributed by atoms with van der Waals surface area (Å²) in [4.78, 5) is 37.4. The molecule has 0 radical (unpaired) electrons. The Balaban J connectivity index is 1.39. The van der Waals surface area contributed by atoms with E-state index >= 15 is 0 Å². The number of ether oxygens (including phenoxy) is 3. The summed E-state index contributed by atoms with van der Waals surface area (Å²) in [5, 5.41) is 0. The van der Waals surface area contributed by atoms with Crippen LogP contribution in [0, 0.1) is 0 Å². The zero-order chi connectivity index (χ0) is 26.4. The summed E-state index contributed by atoms with van der Waals surface area (Å²) in [5.41, 5.74) is 3.09. The molecule has 0 saturated carbocycles. The van der Waals surface area contributed by atoms with Gasteiger partial charge in [0.1, 0.15) is 28.8 Å². The van der Waals surface area contributed by atoms with E-state index in [0.29, 0.717) is 51.0 Å². The number of benzene rings is 3. The molecule has 2 aliphatic heterocycles. The monoisotopic (exact) mass is 506 g/mol. The van der Waals surface area contributed by atoms with Crippen molar-refractivity contribution in [3.8, 4) is 28.6 Å². The van der Waals surface area contributed by atoms with Gasteiger partial charge in [-0.3, -0.25) is 14.4 Å². The molecule has 2 aliphatic rings. The number of rotatable bonds is 5. The smallest absolute Gasteiger partial charge is 0.312 e. The van der Waals surface area contributed by atoms with E-state index in [1.54, 1.807) is 43.5 Å². The van der Waals surface area contributed by atoms with Gasteiger partial charge in [0.15, 0.2) is 11.5 Å². The summed E-state index contributed by atoms with van der Waals surface area (Å²) >= 11 is 0. The predicted octanol–water partition coefficient (Wildman–Crippen LogP) is 6.22. The molecule has 0 aliphatic carbocycles. The molecule has 0 N–H and O–H groups in total. The lowest BCUT2D eigenvalue weighted by molar-refractivity contribution is -0.135. The first-order chi connectivity index (χ1) is 18.4. The van der Waals surface area contributed by atoms with E-state index in [2.05, 4.69) is 0 Å². The number of carbonyl (C=O) groups is 3. The molecule has 6 rings (SSSR count). The first kappa shape index (κ1) is 23.5. The van der Waals surface area contributed by atoms with E-state index in [-0.39, 0.29) is 23.7 Å². The Kier molecular flexibility index (Phi) is 5.68. The summed E-state index contributed by atoms with van der Waals surface area (Å²) in [5.74, 6) is 1.39. The summed E-state index contributed by atoms with van der Waals surface area (Å²) in [7, 11) is 1.56. The maximum Gasteiger partial charge on any atom is 0.312 e. The highest BCUT2D eigenvalue weighted by Crippen LogP contribution is 2.49. The second-order valence-corrected chi connectivity index (χ2v) is 9.10. The first-order valence-electron chi connectivity index (χ1n) is 12.1. The van der Waals surface area contributed by atoms with E-state index in [1.807, 2.05) is 42.5 Å². The number of fused-ring (bicyclic) bond motifs is 3. The van der Waals surface area contributed by atoms with Crippen molar-refractivity contribution in [2.45, 2.75) is 19.3 Å². The van der Waals surface area contributed by atoms with Crippen LogP contribution in [0.15, 0.2) is 83.0 Å². The Hall–Kier alpha value is -4.91. The molecule has 1 atom stereocenters. The predicted molar refractivity (Wildman–Crippen MR) is 139 cm³/mol. The van der Waals surface area contributed by atoms with Gasteiger partial charge in [-0.15, -0.1) is 0 Å². The van der Waals surface area contributed by atoms with Crippen LogP contribution in [0.2, 0.25) is 0 Å². The number of esters is 1. The minimum atomic E-state index is -0.509. The van der Waals surface area contributed by atoms with Gasteiger partial charge in [-0.1, -0.05) is 42.5 Å². The second-order valence-electron chi connectivity index (χ2n) is 9.10. The molecule has 3 heterocycles. The zero-order valence-electron chi connectivity index (χ0n) is 20.6. The molecule has 4 aromatic rings. The molecular weight excluding hydrogens is 484 g/mol. The van der Waals surface area contributed by atoms with Crippen LogP contribution in [0.25, 0.3) is 17.4 Å². The van der Waals surface area contributed by atoms with Gasteiger partial charge in [-0.05, 0) is 43.3 Å². The minimum absolute atomic E-state index is 0.0171. The quantitative estimate of drug-likeness (QED) is 0.137. The minimum Gasteiger partial charge on any atom is -0.496 e. The number of allylic oxidation sites excluding steroid dienone is 1. The molecule has 0 fully saturated rings. The van der Waals surface area contributed by atoms with Gasteiger partial charge >= 0.3 is 5.97 Å². The van der Waals surface area contributed by atoms with Crippen LogP contribution in [-0.2, 0) is 4.79 Å². The number of para-hydroxylation sites is 1. The fourth-order valence-corrected chi connectivity index (χ4v) is 4.84. The Morgan fingerprint density at radius 3 is 2.50 bits per heavy atom. The fraction of sp³-hybridized carbons (Fsp3) is 0.129. The van der Waals surface area contributed by atoms with Gasteiger partial charge in [0.2, 0.25) is 5.78 Å². The van der Waals surface area contributed by atoms with Crippen LogP contribution in [0.4, 0.5) is 0 Å². The van der Waals surface area contributed by atoms with Crippen LogP contribution in [-0.4, -0.2) is 24.6 Å². The number of ketones is 2. The van der Waals surface area contributed by atoms with Gasteiger partial charge in [0.25, 0.3) is 0 Å². The van der Waals surface area contributed by atoms with Crippen LogP contribution >= 0.6 is 0 Å². The van der Waals surface area contributed by atoms with E-state index in [0.717, 1.165) is 5.56 Å². The number of carbonyl (C=O) groups excluding carboxylic acids is 3. The second kappa shape index (κ2) is 9.19. The topological polar surface area (TPSA) is 92.0 Å². The molecule has 38 heavy (non-hydrogen) atoms. The number of hydrogen-bond acceptors (Lipinski definition) is 7. The number of hydrogen-bond donors (Lipinski definition) is 0. The van der Waals surface area contributed by atoms with Crippen LogP contribution in [0.1, 0.15) is 56.9 Å². The van der Waals surface area contributed by atoms with Crippen molar-refractivity contribution in [2.75, 3.05) is 7.11 Å². The molecule has 7 heteroatoms. The van der Waals surface area contributed by atoms with Crippen molar-refractivity contribution in [1.29, 1.82) is 0 Å². The van der Waals surface area contributed by atoms with Crippen LogP contribution in [0.3, 0.4) is 0 Å². The van der Waals surface area contributed by atoms with E-state index in [1.165, 1.54) is 6.92 Å². The molecule has 3 aromatic carbocycles. The van der Waals surface area contributed by atoms with Gasteiger partial charge in [-0.2, -0.15) is 0 Å².